The van der Waals surface area contributed by atoms with Crippen molar-refractivity contribution in [3.63, 3.8) is 0 Å². The number of ether oxygens (including phenoxy) is 1. The molecule has 0 saturated carbocycles. The average molecular weight is 253 g/mol. The Bertz CT molecular complexity index is 449. The van der Waals surface area contributed by atoms with E-state index >= 15 is 0 Å². The molecule has 0 amide bonds. The van der Waals surface area contributed by atoms with Crippen molar-refractivity contribution in [3.05, 3.63) is 23.0 Å². The first kappa shape index (κ1) is 14.0. The van der Waals surface area contributed by atoms with Crippen molar-refractivity contribution in [1.29, 1.82) is 0 Å². The SMILES string of the molecule is CCOC(=O)CCc1c[nH]c(C=O)c1CC(=O)O. The molecule has 0 aliphatic rings. The second-order valence-electron chi connectivity index (χ2n) is 3.70. The van der Waals surface area contributed by atoms with Crippen molar-refractivity contribution in [2.75, 3.05) is 6.61 Å². The summed E-state index contributed by atoms with van der Waals surface area (Å²) in [4.78, 5) is 35.4. The Labute approximate surface area is 104 Å². The summed E-state index contributed by atoms with van der Waals surface area (Å²) >= 11 is 0. The minimum absolute atomic E-state index is 0.163. The third kappa shape index (κ3) is 3.73. The zero-order valence-corrected chi connectivity index (χ0v) is 10.1. The van der Waals surface area contributed by atoms with Crippen molar-refractivity contribution in [3.8, 4) is 0 Å². The van der Waals surface area contributed by atoms with Gasteiger partial charge in [-0.25, -0.2) is 0 Å². The van der Waals surface area contributed by atoms with E-state index in [0.717, 1.165) is 0 Å². The maximum atomic E-state index is 11.2. The van der Waals surface area contributed by atoms with Crippen LogP contribution in [-0.2, 0) is 27.2 Å². The number of aryl methyl sites for hydroxylation is 1. The highest BCUT2D eigenvalue weighted by Gasteiger charge is 2.15. The van der Waals surface area contributed by atoms with Gasteiger partial charge < -0.3 is 14.8 Å². The van der Waals surface area contributed by atoms with Crippen LogP contribution in [0.25, 0.3) is 0 Å². The number of carboxylic acids is 1. The van der Waals surface area contributed by atoms with Crippen LogP contribution in [0.4, 0.5) is 0 Å². The molecule has 1 rings (SSSR count). The molecule has 18 heavy (non-hydrogen) atoms. The fraction of sp³-hybridized carbons (Fsp3) is 0.417. The highest BCUT2D eigenvalue weighted by atomic mass is 16.5. The van der Waals surface area contributed by atoms with Crippen molar-refractivity contribution in [1.82, 2.24) is 4.98 Å². The Morgan fingerprint density at radius 3 is 2.78 bits per heavy atom. The molecule has 6 heteroatoms. The Kier molecular flexibility index (Phi) is 5.10. The number of aromatic amines is 1. The van der Waals surface area contributed by atoms with Crippen LogP contribution >= 0.6 is 0 Å². The Morgan fingerprint density at radius 1 is 1.50 bits per heavy atom. The second-order valence-corrected chi connectivity index (χ2v) is 3.70. The molecule has 98 valence electrons. The summed E-state index contributed by atoms with van der Waals surface area (Å²) in [6, 6.07) is 0. The number of aromatic nitrogens is 1. The number of nitrogens with one attached hydrogen (secondary N) is 1. The number of hydrogen-bond acceptors (Lipinski definition) is 4. The maximum Gasteiger partial charge on any atom is 0.307 e. The lowest BCUT2D eigenvalue weighted by molar-refractivity contribution is -0.143. The first-order valence-corrected chi connectivity index (χ1v) is 5.60. The van der Waals surface area contributed by atoms with Gasteiger partial charge in [0.15, 0.2) is 6.29 Å². The van der Waals surface area contributed by atoms with E-state index in [0.29, 0.717) is 30.4 Å². The van der Waals surface area contributed by atoms with E-state index in [4.69, 9.17) is 9.84 Å². The summed E-state index contributed by atoms with van der Waals surface area (Å²) < 4.78 is 4.78. The molecule has 0 fully saturated rings. The number of rotatable bonds is 7. The van der Waals surface area contributed by atoms with Crippen molar-refractivity contribution in [2.24, 2.45) is 0 Å². The number of esters is 1. The summed E-state index contributed by atoms with van der Waals surface area (Å²) in [5, 5.41) is 8.77. The predicted octanol–water partition coefficient (Wildman–Crippen LogP) is 0.950. The smallest absolute Gasteiger partial charge is 0.307 e. The van der Waals surface area contributed by atoms with Gasteiger partial charge in [0.05, 0.1) is 18.7 Å². The molecule has 0 aromatic carbocycles. The molecule has 2 N–H and O–H groups in total. The topological polar surface area (TPSA) is 96.5 Å². The molecule has 6 nitrogen and oxygen atoms in total. The van der Waals surface area contributed by atoms with Gasteiger partial charge in [-0.3, -0.25) is 14.4 Å². The van der Waals surface area contributed by atoms with E-state index in [1.807, 2.05) is 0 Å². The highest BCUT2D eigenvalue weighted by Crippen LogP contribution is 2.16. The van der Waals surface area contributed by atoms with Crippen LogP contribution < -0.4 is 0 Å². The molecule has 0 radical (unpaired) electrons. The van der Waals surface area contributed by atoms with Crippen molar-refractivity contribution >= 4 is 18.2 Å². The number of H-pyrrole nitrogens is 1. The highest BCUT2D eigenvalue weighted by molar-refractivity contribution is 5.80. The van der Waals surface area contributed by atoms with Gasteiger partial charge in [0.1, 0.15) is 0 Å². The predicted molar refractivity (Wildman–Crippen MR) is 62.5 cm³/mol. The van der Waals surface area contributed by atoms with Gasteiger partial charge in [-0.05, 0) is 24.5 Å². The third-order valence-corrected chi connectivity index (χ3v) is 2.46. The van der Waals surface area contributed by atoms with Gasteiger partial charge in [0.25, 0.3) is 0 Å². The minimum Gasteiger partial charge on any atom is -0.481 e. The minimum atomic E-state index is -1.02. The fourth-order valence-corrected chi connectivity index (χ4v) is 1.67. The van der Waals surface area contributed by atoms with Crippen molar-refractivity contribution in [2.45, 2.75) is 26.2 Å². The molecule has 1 aromatic heterocycles. The summed E-state index contributed by atoms with van der Waals surface area (Å²) in [7, 11) is 0. The van der Waals surface area contributed by atoms with E-state index < -0.39 is 5.97 Å². The van der Waals surface area contributed by atoms with E-state index in [1.165, 1.54) is 0 Å². The van der Waals surface area contributed by atoms with E-state index in [1.54, 1.807) is 13.1 Å². The van der Waals surface area contributed by atoms with Crippen LogP contribution in [0, 0.1) is 0 Å². The van der Waals surface area contributed by atoms with Crippen LogP contribution in [0.15, 0.2) is 6.20 Å². The maximum absolute atomic E-state index is 11.2. The molecule has 0 aliphatic carbocycles. The van der Waals surface area contributed by atoms with Crippen LogP contribution in [0.1, 0.15) is 35.0 Å². The number of aldehydes is 1. The Morgan fingerprint density at radius 2 is 2.22 bits per heavy atom. The van der Waals surface area contributed by atoms with E-state index in [9.17, 15) is 14.4 Å². The molecule has 0 unspecified atom stereocenters. The van der Waals surface area contributed by atoms with Gasteiger partial charge in [-0.15, -0.1) is 0 Å². The van der Waals surface area contributed by atoms with E-state index in [2.05, 4.69) is 4.98 Å². The number of aliphatic carboxylic acids is 1. The lowest BCUT2D eigenvalue weighted by Crippen LogP contribution is -2.08. The second kappa shape index (κ2) is 6.58. The summed E-state index contributed by atoms with van der Waals surface area (Å²) in [5.74, 6) is -1.36. The Hall–Kier alpha value is -2.11. The summed E-state index contributed by atoms with van der Waals surface area (Å²) in [5.41, 5.74) is 1.34. The largest absolute Gasteiger partial charge is 0.481 e. The lowest BCUT2D eigenvalue weighted by Gasteiger charge is -2.03. The van der Waals surface area contributed by atoms with Crippen LogP contribution in [0.2, 0.25) is 0 Å². The summed E-state index contributed by atoms with van der Waals surface area (Å²) in [6.07, 6.45) is 2.41. The Balaban J connectivity index is 2.75. The first-order chi connectivity index (χ1) is 8.58. The van der Waals surface area contributed by atoms with Crippen LogP contribution in [0.5, 0.6) is 0 Å². The van der Waals surface area contributed by atoms with Crippen LogP contribution in [0.3, 0.4) is 0 Å². The zero-order valence-electron chi connectivity index (χ0n) is 10.1. The van der Waals surface area contributed by atoms with Gasteiger partial charge >= 0.3 is 11.9 Å². The molecule has 0 spiro atoms. The normalized spacial score (nSPS) is 10.1. The first-order valence-electron chi connectivity index (χ1n) is 5.60. The monoisotopic (exact) mass is 253 g/mol. The lowest BCUT2D eigenvalue weighted by atomic mass is 10.0. The molecule has 0 atom stereocenters. The quantitative estimate of drug-likeness (QED) is 0.557. The van der Waals surface area contributed by atoms with Crippen LogP contribution in [-0.4, -0.2) is 34.9 Å². The molecule has 1 aromatic rings. The molecule has 0 bridgehead atoms. The zero-order chi connectivity index (χ0) is 13.5. The van der Waals surface area contributed by atoms with E-state index in [-0.39, 0.29) is 24.5 Å². The standard InChI is InChI=1S/C12H15NO5/c1-2-18-12(17)4-3-8-6-13-10(7-14)9(8)5-11(15)16/h6-7,13H,2-5H2,1H3,(H,15,16). The summed E-state index contributed by atoms with van der Waals surface area (Å²) in [6.45, 7) is 2.03. The van der Waals surface area contributed by atoms with Gasteiger partial charge in [-0.2, -0.15) is 0 Å². The fourth-order valence-electron chi connectivity index (χ4n) is 1.67. The third-order valence-electron chi connectivity index (χ3n) is 2.46. The van der Waals surface area contributed by atoms with Gasteiger partial charge in [0, 0.05) is 12.6 Å². The van der Waals surface area contributed by atoms with Crippen molar-refractivity contribution < 1.29 is 24.2 Å². The molecular formula is C12H15NO5. The number of hydrogen-bond donors (Lipinski definition) is 2. The number of carbonyl (C=O) groups excluding carboxylic acids is 2. The molecule has 1 heterocycles. The molecule has 0 aliphatic heterocycles. The average Bonchev–Trinajstić information content (AvgIpc) is 2.68. The molecule has 0 saturated heterocycles. The van der Waals surface area contributed by atoms with Gasteiger partial charge in [-0.1, -0.05) is 0 Å². The molecular weight excluding hydrogens is 238 g/mol. The van der Waals surface area contributed by atoms with Gasteiger partial charge in [0.2, 0.25) is 0 Å². The number of carbonyl (C=O) groups is 3. The number of carboxylic acid groups (broad SMARTS) is 1.